The minimum absolute atomic E-state index is 0.0706. The molecule has 0 unspecified atom stereocenters. The van der Waals surface area contributed by atoms with Crippen LogP contribution < -0.4 is 9.54 Å². The highest BCUT2D eigenvalue weighted by atomic mass is 32.1. The maximum absolute atomic E-state index is 5.27. The Morgan fingerprint density at radius 2 is 1.60 bits per heavy atom. The van der Waals surface area contributed by atoms with Crippen LogP contribution in [0.2, 0.25) is 0 Å². The molecule has 3 rings (SSSR count). The summed E-state index contributed by atoms with van der Waals surface area (Å²) in [5.41, 5.74) is 4.49. The smallest absolute Gasteiger partial charge is 0.190 e. The molecule has 0 amide bonds. The summed E-state index contributed by atoms with van der Waals surface area (Å²) in [6, 6.07) is 16.5. The molecule has 0 aliphatic heterocycles. The molecule has 0 fully saturated rings. The number of aromatic nitrogens is 1. The van der Waals surface area contributed by atoms with E-state index in [4.69, 9.17) is 9.73 Å². The number of aryl methyl sites for hydroxylation is 1. The highest BCUT2D eigenvalue weighted by Crippen LogP contribution is 2.28. The van der Waals surface area contributed by atoms with Gasteiger partial charge in [-0.1, -0.05) is 17.7 Å². The van der Waals surface area contributed by atoms with Gasteiger partial charge in [0.25, 0.3) is 0 Å². The van der Waals surface area contributed by atoms with Gasteiger partial charge >= 0.3 is 0 Å². The Morgan fingerprint density at radius 3 is 2.16 bits per heavy atom. The molecule has 1 heterocycles. The summed E-state index contributed by atoms with van der Waals surface area (Å²) in [7, 11) is 1.69. The van der Waals surface area contributed by atoms with Gasteiger partial charge < -0.3 is 9.30 Å². The van der Waals surface area contributed by atoms with Gasteiger partial charge in [0.1, 0.15) is 5.75 Å². The van der Waals surface area contributed by atoms with Gasteiger partial charge in [-0.15, -0.1) is 11.3 Å². The van der Waals surface area contributed by atoms with E-state index in [1.54, 1.807) is 18.4 Å². The Kier molecular flexibility index (Phi) is 4.82. The lowest BCUT2D eigenvalue weighted by Gasteiger charge is -2.24. The van der Waals surface area contributed by atoms with Crippen molar-refractivity contribution in [3.05, 3.63) is 64.3 Å². The van der Waals surface area contributed by atoms with Crippen LogP contribution in [0.5, 0.6) is 5.75 Å². The van der Waals surface area contributed by atoms with Crippen molar-refractivity contribution in [2.24, 2.45) is 4.99 Å². The lowest BCUT2D eigenvalue weighted by atomic mass is 10.1. The molecular weight excluding hydrogens is 328 g/mol. The standard InChI is InChI=1S/C21H24N2OS/c1-15-6-10-17(11-7-15)22-20-23(21(2,3)4)19(14-25-20)16-8-12-18(24-5)13-9-16/h6-14H,1-5H3. The molecule has 0 spiro atoms. The van der Waals surface area contributed by atoms with Crippen molar-refractivity contribution >= 4 is 17.0 Å². The predicted octanol–water partition coefficient (Wildman–Crippen LogP) is 5.52. The van der Waals surface area contributed by atoms with Crippen molar-refractivity contribution in [2.45, 2.75) is 33.2 Å². The van der Waals surface area contributed by atoms with Crippen LogP contribution in [-0.4, -0.2) is 11.7 Å². The highest BCUT2D eigenvalue weighted by molar-refractivity contribution is 7.07. The number of hydrogen-bond acceptors (Lipinski definition) is 3. The van der Waals surface area contributed by atoms with Crippen LogP contribution in [0.3, 0.4) is 0 Å². The largest absolute Gasteiger partial charge is 0.497 e. The average Bonchev–Trinajstić information content (AvgIpc) is 3.01. The Labute approximate surface area is 153 Å². The van der Waals surface area contributed by atoms with Crippen LogP contribution in [0.1, 0.15) is 26.3 Å². The van der Waals surface area contributed by atoms with Crippen LogP contribution in [0, 0.1) is 6.92 Å². The molecule has 25 heavy (non-hydrogen) atoms. The van der Waals surface area contributed by atoms with Crippen molar-refractivity contribution in [1.29, 1.82) is 0 Å². The van der Waals surface area contributed by atoms with Gasteiger partial charge in [0, 0.05) is 10.9 Å². The molecule has 3 aromatic rings. The van der Waals surface area contributed by atoms with Gasteiger partial charge in [0.15, 0.2) is 4.80 Å². The fraction of sp³-hybridized carbons (Fsp3) is 0.286. The SMILES string of the molecule is COc1ccc(-c2csc(=Nc3ccc(C)cc3)n2C(C)(C)C)cc1. The normalized spacial score (nSPS) is 12.4. The maximum atomic E-state index is 5.27. The Hall–Kier alpha value is -2.33. The molecule has 0 radical (unpaired) electrons. The van der Waals surface area contributed by atoms with E-state index in [-0.39, 0.29) is 5.54 Å². The summed E-state index contributed by atoms with van der Waals surface area (Å²) in [6.07, 6.45) is 0. The summed E-state index contributed by atoms with van der Waals surface area (Å²) in [6.45, 7) is 8.72. The molecule has 0 aliphatic carbocycles. The molecule has 0 atom stereocenters. The van der Waals surface area contributed by atoms with E-state index in [1.807, 2.05) is 12.1 Å². The summed E-state index contributed by atoms with van der Waals surface area (Å²) in [5, 5.41) is 2.18. The first-order valence-corrected chi connectivity index (χ1v) is 9.23. The Balaban J connectivity index is 2.14. The van der Waals surface area contributed by atoms with Crippen molar-refractivity contribution in [2.75, 3.05) is 7.11 Å². The Bertz CT molecular complexity index is 910. The van der Waals surface area contributed by atoms with Crippen molar-refractivity contribution < 1.29 is 4.74 Å². The minimum atomic E-state index is -0.0706. The van der Waals surface area contributed by atoms with Crippen molar-refractivity contribution in [3.8, 4) is 17.0 Å². The molecule has 3 nitrogen and oxygen atoms in total. The molecule has 0 saturated heterocycles. The van der Waals surface area contributed by atoms with E-state index < -0.39 is 0 Å². The van der Waals surface area contributed by atoms with E-state index >= 15 is 0 Å². The van der Waals surface area contributed by atoms with Gasteiger partial charge in [-0.3, -0.25) is 0 Å². The van der Waals surface area contributed by atoms with Gasteiger partial charge in [-0.05, 0) is 69.7 Å². The zero-order valence-electron chi connectivity index (χ0n) is 15.4. The molecule has 0 N–H and O–H groups in total. The first kappa shape index (κ1) is 17.5. The van der Waals surface area contributed by atoms with Gasteiger partial charge in [-0.2, -0.15) is 0 Å². The number of thiazole rings is 1. The van der Waals surface area contributed by atoms with Gasteiger partial charge in [-0.25, -0.2) is 4.99 Å². The molecule has 4 heteroatoms. The summed E-state index contributed by atoms with van der Waals surface area (Å²) in [5.74, 6) is 0.867. The van der Waals surface area contributed by atoms with Gasteiger partial charge in [0.2, 0.25) is 0 Å². The van der Waals surface area contributed by atoms with Gasteiger partial charge in [0.05, 0.1) is 18.5 Å². The van der Waals surface area contributed by atoms with Crippen LogP contribution in [0.15, 0.2) is 58.9 Å². The van der Waals surface area contributed by atoms with Crippen LogP contribution in [-0.2, 0) is 5.54 Å². The number of nitrogens with zero attached hydrogens (tertiary/aromatic N) is 2. The van der Waals surface area contributed by atoms with E-state index in [9.17, 15) is 0 Å². The molecule has 2 aromatic carbocycles. The molecule has 0 saturated carbocycles. The first-order chi connectivity index (χ1) is 11.9. The average molecular weight is 353 g/mol. The lowest BCUT2D eigenvalue weighted by Crippen LogP contribution is -2.31. The second-order valence-corrected chi connectivity index (χ2v) is 7.92. The highest BCUT2D eigenvalue weighted by Gasteiger charge is 2.20. The molecular formula is C21H24N2OS. The molecule has 1 aromatic heterocycles. The number of hydrogen-bond donors (Lipinski definition) is 0. The van der Waals surface area contributed by atoms with Crippen molar-refractivity contribution in [3.63, 3.8) is 0 Å². The molecule has 0 aliphatic rings. The predicted molar refractivity (Wildman–Crippen MR) is 106 cm³/mol. The zero-order chi connectivity index (χ0) is 18.0. The summed E-state index contributed by atoms with van der Waals surface area (Å²) < 4.78 is 7.58. The quantitative estimate of drug-likeness (QED) is 0.609. The monoisotopic (exact) mass is 352 g/mol. The lowest BCUT2D eigenvalue weighted by molar-refractivity contribution is 0.392. The van der Waals surface area contributed by atoms with Crippen LogP contribution in [0.4, 0.5) is 5.69 Å². The van der Waals surface area contributed by atoms with E-state index in [0.29, 0.717) is 0 Å². The summed E-state index contributed by atoms with van der Waals surface area (Å²) >= 11 is 1.67. The fourth-order valence-corrected chi connectivity index (χ4v) is 3.82. The number of ether oxygens (including phenoxy) is 1. The van der Waals surface area contributed by atoms with Crippen molar-refractivity contribution in [1.82, 2.24) is 4.57 Å². The number of rotatable bonds is 3. The fourth-order valence-electron chi connectivity index (χ4n) is 2.73. The molecule has 130 valence electrons. The third-order valence-electron chi connectivity index (χ3n) is 4.02. The second kappa shape index (κ2) is 6.89. The third kappa shape index (κ3) is 3.85. The maximum Gasteiger partial charge on any atom is 0.190 e. The summed E-state index contributed by atoms with van der Waals surface area (Å²) in [4.78, 5) is 5.89. The zero-order valence-corrected chi connectivity index (χ0v) is 16.2. The van der Waals surface area contributed by atoms with E-state index in [1.165, 1.54) is 11.3 Å². The van der Waals surface area contributed by atoms with E-state index in [2.05, 4.69) is 74.0 Å². The minimum Gasteiger partial charge on any atom is -0.497 e. The first-order valence-electron chi connectivity index (χ1n) is 8.35. The van der Waals surface area contributed by atoms with E-state index in [0.717, 1.165) is 21.8 Å². The van der Waals surface area contributed by atoms with Crippen LogP contribution in [0.25, 0.3) is 11.3 Å². The molecule has 0 bridgehead atoms. The number of methoxy groups -OCH3 is 1. The Morgan fingerprint density at radius 1 is 0.960 bits per heavy atom. The van der Waals surface area contributed by atoms with Crippen LogP contribution >= 0.6 is 11.3 Å². The topological polar surface area (TPSA) is 26.5 Å². The third-order valence-corrected chi connectivity index (χ3v) is 4.85. The second-order valence-electron chi connectivity index (χ2n) is 7.09. The number of benzene rings is 2.